The minimum Gasteiger partial charge on any atom is -0.294 e. The first-order valence-corrected chi connectivity index (χ1v) is 6.18. The molecule has 0 aliphatic carbocycles. The molecule has 0 bridgehead atoms. The van der Waals surface area contributed by atoms with Gasteiger partial charge in [-0.1, -0.05) is 13.8 Å². The summed E-state index contributed by atoms with van der Waals surface area (Å²) in [6.45, 7) is 3.79. The maximum absolute atomic E-state index is 12.1. The van der Waals surface area contributed by atoms with E-state index in [0.29, 0.717) is 5.56 Å². The largest absolute Gasteiger partial charge is 0.294 e. The molecule has 0 spiro atoms. The molecule has 3 aromatic rings. The Labute approximate surface area is 110 Å². The molecule has 0 N–H and O–H groups in total. The number of carbonyl (C=O) groups is 1. The summed E-state index contributed by atoms with van der Waals surface area (Å²) in [4.78, 5) is 12.1. The van der Waals surface area contributed by atoms with Crippen molar-refractivity contribution >= 4 is 11.3 Å². The number of aromatic nitrogens is 4. The summed E-state index contributed by atoms with van der Waals surface area (Å²) in [5.41, 5.74) is 2.40. The number of Topliss-reactive ketones (excluding diaryl/α,β-unsaturated/α-hetero) is 1. The van der Waals surface area contributed by atoms with Crippen molar-refractivity contribution in [3.05, 3.63) is 48.5 Å². The third kappa shape index (κ3) is 1.93. The van der Waals surface area contributed by atoms with Gasteiger partial charge in [-0.3, -0.25) is 4.79 Å². The average molecular weight is 254 g/mol. The Bertz CT molecular complexity index is 725. The number of rotatable bonds is 3. The standard InChI is InChI=1S/C14H14N4O/c1-10(2)14(19)12-8-16-18-9-11(4-5-13(12)18)17-7-3-6-15-17/h3-10H,1-2H3. The predicted molar refractivity (Wildman–Crippen MR) is 71.5 cm³/mol. The van der Waals surface area contributed by atoms with Crippen LogP contribution < -0.4 is 0 Å². The van der Waals surface area contributed by atoms with E-state index >= 15 is 0 Å². The van der Waals surface area contributed by atoms with Gasteiger partial charge >= 0.3 is 0 Å². The van der Waals surface area contributed by atoms with Crippen LogP contribution in [0.25, 0.3) is 11.2 Å². The molecule has 0 atom stereocenters. The first-order chi connectivity index (χ1) is 9.16. The topological polar surface area (TPSA) is 52.2 Å². The van der Waals surface area contributed by atoms with Crippen LogP contribution in [0.5, 0.6) is 0 Å². The molecule has 3 rings (SSSR count). The van der Waals surface area contributed by atoms with E-state index in [9.17, 15) is 4.79 Å². The predicted octanol–water partition coefficient (Wildman–Crippen LogP) is 2.36. The lowest BCUT2D eigenvalue weighted by atomic mass is 10.0. The molecule has 3 aromatic heterocycles. The third-order valence-corrected chi connectivity index (χ3v) is 3.06. The molecular weight excluding hydrogens is 240 g/mol. The summed E-state index contributed by atoms with van der Waals surface area (Å²) in [5.74, 6) is 0.0839. The van der Waals surface area contributed by atoms with Crippen molar-refractivity contribution in [2.24, 2.45) is 5.92 Å². The van der Waals surface area contributed by atoms with Crippen LogP contribution in [0, 0.1) is 5.92 Å². The van der Waals surface area contributed by atoms with Crippen LogP contribution in [0.2, 0.25) is 0 Å². The van der Waals surface area contributed by atoms with Crippen molar-refractivity contribution < 1.29 is 4.79 Å². The van der Waals surface area contributed by atoms with E-state index in [1.165, 1.54) is 0 Å². The Hall–Kier alpha value is -2.43. The summed E-state index contributed by atoms with van der Waals surface area (Å²) in [5, 5.41) is 8.42. The highest BCUT2D eigenvalue weighted by Gasteiger charge is 2.15. The minimum absolute atomic E-state index is 0.0289. The number of fused-ring (bicyclic) bond motifs is 1. The Balaban J connectivity index is 2.10. The number of ketones is 1. The van der Waals surface area contributed by atoms with Gasteiger partial charge in [0.2, 0.25) is 0 Å². The number of pyridine rings is 1. The molecule has 5 nitrogen and oxygen atoms in total. The number of hydrogen-bond acceptors (Lipinski definition) is 3. The maximum Gasteiger partial charge on any atom is 0.169 e. The first kappa shape index (κ1) is 11.6. The number of carbonyl (C=O) groups excluding carboxylic acids is 1. The molecule has 0 saturated heterocycles. The van der Waals surface area contributed by atoms with E-state index in [-0.39, 0.29) is 11.7 Å². The van der Waals surface area contributed by atoms with Crippen molar-refractivity contribution in [3.8, 4) is 5.69 Å². The summed E-state index contributed by atoms with van der Waals surface area (Å²) in [6.07, 6.45) is 7.08. The van der Waals surface area contributed by atoms with Crippen LogP contribution in [-0.2, 0) is 0 Å². The zero-order chi connectivity index (χ0) is 13.4. The SMILES string of the molecule is CC(C)C(=O)c1cnn2cc(-n3cccn3)ccc12. The van der Waals surface area contributed by atoms with Crippen LogP contribution in [-0.4, -0.2) is 25.2 Å². The smallest absolute Gasteiger partial charge is 0.169 e. The van der Waals surface area contributed by atoms with E-state index in [0.717, 1.165) is 11.2 Å². The fraction of sp³-hybridized carbons (Fsp3) is 0.214. The summed E-state index contributed by atoms with van der Waals surface area (Å²) < 4.78 is 3.47. The molecule has 0 aliphatic heterocycles. The van der Waals surface area contributed by atoms with Gasteiger partial charge in [0.1, 0.15) is 0 Å². The van der Waals surface area contributed by atoms with Crippen molar-refractivity contribution in [1.29, 1.82) is 0 Å². The van der Waals surface area contributed by atoms with Gasteiger partial charge in [0.25, 0.3) is 0 Å². The summed E-state index contributed by atoms with van der Waals surface area (Å²) >= 11 is 0. The van der Waals surface area contributed by atoms with E-state index in [1.807, 2.05) is 44.4 Å². The van der Waals surface area contributed by atoms with Crippen molar-refractivity contribution in [1.82, 2.24) is 19.4 Å². The van der Waals surface area contributed by atoms with E-state index in [4.69, 9.17) is 0 Å². The zero-order valence-electron chi connectivity index (χ0n) is 10.8. The molecule has 0 radical (unpaired) electrons. The second kappa shape index (κ2) is 4.35. The Morgan fingerprint density at radius 2 is 2.11 bits per heavy atom. The second-order valence-corrected chi connectivity index (χ2v) is 4.74. The molecular formula is C14H14N4O. The zero-order valence-corrected chi connectivity index (χ0v) is 10.8. The van der Waals surface area contributed by atoms with Crippen LogP contribution in [0.15, 0.2) is 43.0 Å². The highest BCUT2D eigenvalue weighted by molar-refractivity contribution is 6.03. The monoisotopic (exact) mass is 254 g/mol. The lowest BCUT2D eigenvalue weighted by Crippen LogP contribution is -2.07. The molecule has 0 aliphatic rings. The van der Waals surface area contributed by atoms with Crippen molar-refractivity contribution in [3.63, 3.8) is 0 Å². The molecule has 0 amide bonds. The van der Waals surface area contributed by atoms with Gasteiger partial charge < -0.3 is 0 Å². The minimum atomic E-state index is -0.0289. The molecule has 3 heterocycles. The Morgan fingerprint density at radius 3 is 2.79 bits per heavy atom. The van der Waals surface area contributed by atoms with Crippen molar-refractivity contribution in [2.75, 3.05) is 0 Å². The summed E-state index contributed by atoms with van der Waals surface area (Å²) in [6, 6.07) is 5.70. The quantitative estimate of drug-likeness (QED) is 0.674. The van der Waals surface area contributed by atoms with Crippen LogP contribution >= 0.6 is 0 Å². The van der Waals surface area contributed by atoms with E-state index in [2.05, 4.69) is 10.2 Å². The molecule has 0 aromatic carbocycles. The average Bonchev–Trinajstić information content (AvgIpc) is 3.06. The van der Waals surface area contributed by atoms with Gasteiger partial charge in [-0.15, -0.1) is 0 Å². The molecule has 0 saturated carbocycles. The fourth-order valence-electron chi connectivity index (χ4n) is 2.03. The highest BCUT2D eigenvalue weighted by Crippen LogP contribution is 2.17. The lowest BCUT2D eigenvalue weighted by molar-refractivity contribution is 0.0941. The van der Waals surface area contributed by atoms with E-state index in [1.54, 1.807) is 21.6 Å². The van der Waals surface area contributed by atoms with Crippen LogP contribution in [0.1, 0.15) is 24.2 Å². The molecule has 0 fully saturated rings. The van der Waals surface area contributed by atoms with Gasteiger partial charge in [-0.2, -0.15) is 10.2 Å². The van der Waals surface area contributed by atoms with Crippen molar-refractivity contribution in [2.45, 2.75) is 13.8 Å². The van der Waals surface area contributed by atoms with Gasteiger partial charge in [0.15, 0.2) is 5.78 Å². The third-order valence-electron chi connectivity index (χ3n) is 3.06. The van der Waals surface area contributed by atoms with Gasteiger partial charge in [-0.25, -0.2) is 9.20 Å². The van der Waals surface area contributed by atoms with Gasteiger partial charge in [0, 0.05) is 18.3 Å². The summed E-state index contributed by atoms with van der Waals surface area (Å²) in [7, 11) is 0. The maximum atomic E-state index is 12.1. The normalized spacial score (nSPS) is 11.3. The van der Waals surface area contributed by atoms with Crippen LogP contribution in [0.3, 0.4) is 0 Å². The molecule has 19 heavy (non-hydrogen) atoms. The van der Waals surface area contributed by atoms with Gasteiger partial charge in [-0.05, 0) is 18.2 Å². The van der Waals surface area contributed by atoms with Crippen LogP contribution in [0.4, 0.5) is 0 Å². The highest BCUT2D eigenvalue weighted by atomic mass is 16.1. The van der Waals surface area contributed by atoms with E-state index < -0.39 is 0 Å². The Kier molecular flexibility index (Phi) is 2.67. The first-order valence-electron chi connectivity index (χ1n) is 6.18. The molecule has 0 unspecified atom stereocenters. The lowest BCUT2D eigenvalue weighted by Gasteiger charge is -2.04. The second-order valence-electron chi connectivity index (χ2n) is 4.74. The molecule has 96 valence electrons. The number of hydrogen-bond donors (Lipinski definition) is 0. The molecule has 5 heteroatoms. The fourth-order valence-corrected chi connectivity index (χ4v) is 2.03. The number of nitrogens with zero attached hydrogens (tertiary/aromatic N) is 4. The van der Waals surface area contributed by atoms with Gasteiger partial charge in [0.05, 0.1) is 29.2 Å². The Morgan fingerprint density at radius 1 is 1.26 bits per heavy atom.